The molecule has 1 atom stereocenters. The molecule has 2 N–H and O–H groups in total. The second-order valence-electron chi connectivity index (χ2n) is 4.35. The molecule has 18 heavy (non-hydrogen) atoms. The zero-order valence-electron chi connectivity index (χ0n) is 10.3. The molecule has 2 aromatic carbocycles. The van der Waals surface area contributed by atoms with Gasteiger partial charge in [0, 0.05) is 20.9 Å². The zero-order valence-corrected chi connectivity index (χ0v) is 11.8. The molecule has 0 spiro atoms. The summed E-state index contributed by atoms with van der Waals surface area (Å²) in [5.74, 6) is 0. The summed E-state index contributed by atoms with van der Waals surface area (Å²) in [6, 6.07) is 16.5. The van der Waals surface area contributed by atoms with Crippen LogP contribution in [-0.4, -0.2) is 6.04 Å². The Morgan fingerprint density at radius 1 is 1.17 bits per heavy atom. The Kier molecular flexibility index (Phi) is 4.70. The van der Waals surface area contributed by atoms with E-state index in [-0.39, 0.29) is 6.04 Å². The SMILES string of the molecule is CC(N)Cc1ccc(Cl)cc1Sc1ccccc1. The lowest BCUT2D eigenvalue weighted by Crippen LogP contribution is -2.18. The smallest absolute Gasteiger partial charge is 0.0417 e. The van der Waals surface area contributed by atoms with Crippen molar-refractivity contribution in [1.82, 2.24) is 0 Å². The van der Waals surface area contributed by atoms with Crippen molar-refractivity contribution in [3.8, 4) is 0 Å². The van der Waals surface area contributed by atoms with Crippen LogP contribution >= 0.6 is 23.4 Å². The van der Waals surface area contributed by atoms with Crippen molar-refractivity contribution in [1.29, 1.82) is 0 Å². The van der Waals surface area contributed by atoms with E-state index in [1.54, 1.807) is 11.8 Å². The summed E-state index contributed by atoms with van der Waals surface area (Å²) >= 11 is 7.81. The van der Waals surface area contributed by atoms with E-state index in [1.807, 2.05) is 37.3 Å². The molecule has 0 aliphatic carbocycles. The molecule has 0 amide bonds. The van der Waals surface area contributed by atoms with Crippen molar-refractivity contribution < 1.29 is 0 Å². The third-order valence-corrected chi connectivity index (χ3v) is 3.89. The zero-order chi connectivity index (χ0) is 13.0. The first-order valence-corrected chi connectivity index (χ1v) is 7.11. The Hall–Kier alpha value is -0.960. The molecule has 0 aliphatic heterocycles. The number of nitrogens with two attached hydrogens (primary N) is 1. The molecule has 0 bridgehead atoms. The van der Waals surface area contributed by atoms with Gasteiger partial charge in [0.1, 0.15) is 0 Å². The third kappa shape index (κ3) is 3.77. The van der Waals surface area contributed by atoms with Gasteiger partial charge in [-0.05, 0) is 43.2 Å². The van der Waals surface area contributed by atoms with Gasteiger partial charge < -0.3 is 5.73 Å². The van der Waals surface area contributed by atoms with Gasteiger partial charge >= 0.3 is 0 Å². The third-order valence-electron chi connectivity index (χ3n) is 2.54. The van der Waals surface area contributed by atoms with Gasteiger partial charge in [0.25, 0.3) is 0 Å². The molecule has 94 valence electrons. The average Bonchev–Trinajstić information content (AvgIpc) is 2.33. The van der Waals surface area contributed by atoms with Gasteiger partial charge in [-0.2, -0.15) is 0 Å². The first-order chi connectivity index (χ1) is 8.65. The Labute approximate surface area is 117 Å². The minimum atomic E-state index is 0.154. The van der Waals surface area contributed by atoms with Crippen LogP contribution in [0.4, 0.5) is 0 Å². The lowest BCUT2D eigenvalue weighted by Gasteiger charge is -2.11. The van der Waals surface area contributed by atoms with Gasteiger partial charge in [-0.15, -0.1) is 0 Å². The molecule has 3 heteroatoms. The lowest BCUT2D eigenvalue weighted by molar-refractivity contribution is 0.729. The quantitative estimate of drug-likeness (QED) is 0.897. The minimum Gasteiger partial charge on any atom is -0.328 e. The van der Waals surface area contributed by atoms with Gasteiger partial charge in [-0.25, -0.2) is 0 Å². The van der Waals surface area contributed by atoms with Crippen LogP contribution in [0.2, 0.25) is 5.02 Å². The van der Waals surface area contributed by atoms with Gasteiger partial charge in [0.05, 0.1) is 0 Å². The molecule has 0 radical (unpaired) electrons. The van der Waals surface area contributed by atoms with E-state index in [9.17, 15) is 0 Å². The minimum absolute atomic E-state index is 0.154. The Morgan fingerprint density at radius 3 is 2.56 bits per heavy atom. The van der Waals surface area contributed by atoms with Crippen molar-refractivity contribution in [2.75, 3.05) is 0 Å². The highest BCUT2D eigenvalue weighted by atomic mass is 35.5. The first-order valence-electron chi connectivity index (χ1n) is 5.92. The fourth-order valence-electron chi connectivity index (χ4n) is 1.75. The van der Waals surface area contributed by atoms with Gasteiger partial charge in [-0.1, -0.05) is 47.6 Å². The van der Waals surface area contributed by atoms with E-state index < -0.39 is 0 Å². The summed E-state index contributed by atoms with van der Waals surface area (Å²) in [5, 5.41) is 0.766. The second-order valence-corrected chi connectivity index (χ2v) is 5.90. The second kappa shape index (κ2) is 6.28. The van der Waals surface area contributed by atoms with Crippen LogP contribution in [0.5, 0.6) is 0 Å². The van der Waals surface area contributed by atoms with Gasteiger partial charge in [0.15, 0.2) is 0 Å². The molecule has 2 aromatic rings. The summed E-state index contributed by atoms with van der Waals surface area (Å²) in [6.07, 6.45) is 0.867. The van der Waals surface area contributed by atoms with Crippen molar-refractivity contribution in [3.05, 3.63) is 59.1 Å². The van der Waals surface area contributed by atoms with Crippen LogP contribution in [-0.2, 0) is 6.42 Å². The molecule has 0 heterocycles. The average molecular weight is 278 g/mol. The van der Waals surface area contributed by atoms with Crippen molar-refractivity contribution in [2.45, 2.75) is 29.2 Å². The molecular weight excluding hydrogens is 262 g/mol. The number of benzene rings is 2. The van der Waals surface area contributed by atoms with Crippen LogP contribution in [0.1, 0.15) is 12.5 Å². The van der Waals surface area contributed by atoms with Crippen LogP contribution in [0.3, 0.4) is 0 Å². The summed E-state index contributed by atoms with van der Waals surface area (Å²) in [4.78, 5) is 2.40. The number of halogens is 1. The van der Waals surface area contributed by atoms with Crippen molar-refractivity contribution in [3.63, 3.8) is 0 Å². The maximum Gasteiger partial charge on any atom is 0.0417 e. The maximum absolute atomic E-state index is 6.08. The molecular formula is C15H16ClNS. The molecule has 1 unspecified atom stereocenters. The highest BCUT2D eigenvalue weighted by molar-refractivity contribution is 7.99. The standard InChI is InChI=1S/C15H16ClNS/c1-11(17)9-12-7-8-13(16)10-15(12)18-14-5-3-2-4-6-14/h2-8,10-11H,9,17H2,1H3. The Balaban J connectivity index is 2.27. The molecule has 0 aliphatic rings. The summed E-state index contributed by atoms with van der Waals surface area (Å²) in [5.41, 5.74) is 7.14. The maximum atomic E-state index is 6.08. The summed E-state index contributed by atoms with van der Waals surface area (Å²) in [7, 11) is 0. The monoisotopic (exact) mass is 277 g/mol. The van der Waals surface area contributed by atoms with E-state index in [0.717, 1.165) is 11.4 Å². The Morgan fingerprint density at radius 2 is 1.89 bits per heavy atom. The fourth-order valence-corrected chi connectivity index (χ4v) is 3.01. The molecule has 0 aromatic heterocycles. The predicted molar refractivity (Wildman–Crippen MR) is 79.4 cm³/mol. The Bertz CT molecular complexity index is 511. The number of hydrogen-bond donors (Lipinski definition) is 1. The van der Waals surface area contributed by atoms with Crippen molar-refractivity contribution in [2.24, 2.45) is 5.73 Å². The largest absolute Gasteiger partial charge is 0.328 e. The number of hydrogen-bond acceptors (Lipinski definition) is 2. The molecule has 1 nitrogen and oxygen atoms in total. The lowest BCUT2D eigenvalue weighted by atomic mass is 10.1. The number of rotatable bonds is 4. The predicted octanol–water partition coefficient (Wildman–Crippen LogP) is 4.38. The summed E-state index contributed by atoms with van der Waals surface area (Å²) < 4.78 is 0. The van der Waals surface area contributed by atoms with E-state index in [2.05, 4.69) is 18.2 Å². The van der Waals surface area contributed by atoms with Crippen LogP contribution in [0.15, 0.2) is 58.3 Å². The van der Waals surface area contributed by atoms with Crippen LogP contribution in [0, 0.1) is 0 Å². The van der Waals surface area contributed by atoms with Crippen molar-refractivity contribution >= 4 is 23.4 Å². The van der Waals surface area contributed by atoms with E-state index in [1.165, 1.54) is 15.4 Å². The molecule has 0 saturated heterocycles. The van der Waals surface area contributed by atoms with E-state index >= 15 is 0 Å². The topological polar surface area (TPSA) is 26.0 Å². The van der Waals surface area contributed by atoms with Crippen LogP contribution < -0.4 is 5.73 Å². The fraction of sp³-hybridized carbons (Fsp3) is 0.200. The molecule has 2 rings (SSSR count). The normalized spacial score (nSPS) is 12.4. The highest BCUT2D eigenvalue weighted by Crippen LogP contribution is 2.32. The van der Waals surface area contributed by atoms with Gasteiger partial charge in [0.2, 0.25) is 0 Å². The molecule has 0 fully saturated rings. The van der Waals surface area contributed by atoms with Crippen LogP contribution in [0.25, 0.3) is 0 Å². The molecule has 0 saturated carbocycles. The van der Waals surface area contributed by atoms with Gasteiger partial charge in [-0.3, -0.25) is 0 Å². The highest BCUT2D eigenvalue weighted by Gasteiger charge is 2.07. The van der Waals surface area contributed by atoms with E-state index in [0.29, 0.717) is 0 Å². The first kappa shape index (κ1) is 13.5. The van der Waals surface area contributed by atoms with E-state index in [4.69, 9.17) is 17.3 Å². The summed E-state index contributed by atoms with van der Waals surface area (Å²) in [6.45, 7) is 2.02.